The molecule has 0 radical (unpaired) electrons. The van der Waals surface area contributed by atoms with Gasteiger partial charge in [-0.05, 0) is 48.7 Å². The van der Waals surface area contributed by atoms with Crippen LogP contribution in [0.5, 0.6) is 0 Å². The highest BCUT2D eigenvalue weighted by molar-refractivity contribution is 6.30. The maximum atomic E-state index is 6.12. The van der Waals surface area contributed by atoms with Gasteiger partial charge < -0.3 is 4.74 Å². The number of benzene rings is 1. The van der Waals surface area contributed by atoms with Crippen LogP contribution in [0.4, 0.5) is 0 Å². The Kier molecular flexibility index (Phi) is 4.56. The summed E-state index contributed by atoms with van der Waals surface area (Å²) in [6, 6.07) is 11.9. The predicted octanol–water partition coefficient (Wildman–Crippen LogP) is 4.43. The molecule has 0 N–H and O–H groups in total. The second-order valence-corrected chi connectivity index (χ2v) is 4.79. The first kappa shape index (κ1) is 14.0. The zero-order chi connectivity index (χ0) is 13.7. The Bertz CT molecular complexity index is 512. The van der Waals surface area contributed by atoms with Crippen LogP contribution in [0.1, 0.15) is 31.4 Å². The summed E-state index contributed by atoms with van der Waals surface area (Å²) in [7, 11) is 0. The van der Waals surface area contributed by atoms with Gasteiger partial charge in [-0.2, -0.15) is 0 Å². The molecule has 0 spiro atoms. The minimum Gasteiger partial charge on any atom is -0.366 e. The van der Waals surface area contributed by atoms with Gasteiger partial charge in [-0.1, -0.05) is 30.7 Å². The second-order valence-electron chi connectivity index (χ2n) is 4.36. The number of rotatable bonds is 5. The van der Waals surface area contributed by atoms with E-state index in [1.165, 1.54) is 0 Å². The number of hydrogen-bond donors (Lipinski definition) is 0. The summed E-state index contributed by atoms with van der Waals surface area (Å²) in [6.45, 7) is 4.80. The Morgan fingerprint density at radius 3 is 2.11 bits per heavy atom. The Labute approximate surface area is 119 Å². The Hall–Kier alpha value is -1.38. The number of aromatic nitrogens is 1. The van der Waals surface area contributed by atoms with Crippen molar-refractivity contribution in [2.75, 3.05) is 6.61 Å². The van der Waals surface area contributed by atoms with E-state index in [0.29, 0.717) is 6.61 Å². The van der Waals surface area contributed by atoms with Gasteiger partial charge in [-0.25, -0.2) is 0 Å². The Morgan fingerprint density at radius 1 is 1.00 bits per heavy atom. The standard InChI is InChI=1S/C16H18ClNO/c1-3-16(19-4-2,14-9-11-18-12-10-14)13-5-7-15(17)8-6-13/h5-12H,3-4H2,1-2H3/t16-/m1/s1. The average molecular weight is 276 g/mol. The molecule has 0 unspecified atom stereocenters. The first-order valence-electron chi connectivity index (χ1n) is 6.53. The van der Waals surface area contributed by atoms with Crippen LogP contribution in [-0.4, -0.2) is 11.6 Å². The molecule has 0 saturated carbocycles. The predicted molar refractivity (Wildman–Crippen MR) is 78.4 cm³/mol. The molecule has 0 aliphatic rings. The van der Waals surface area contributed by atoms with E-state index in [4.69, 9.17) is 16.3 Å². The number of nitrogens with zero attached hydrogens (tertiary/aromatic N) is 1. The molecule has 2 rings (SSSR count). The molecule has 0 aliphatic carbocycles. The van der Waals surface area contributed by atoms with Crippen LogP contribution in [0.15, 0.2) is 48.8 Å². The SMILES string of the molecule is CCO[C@@](CC)(c1ccncc1)c1ccc(Cl)cc1. The summed E-state index contributed by atoms with van der Waals surface area (Å²) >= 11 is 5.98. The molecule has 1 atom stereocenters. The number of ether oxygens (including phenoxy) is 1. The van der Waals surface area contributed by atoms with Crippen molar-refractivity contribution in [3.05, 3.63) is 64.9 Å². The molecule has 3 heteroatoms. The van der Waals surface area contributed by atoms with E-state index in [0.717, 1.165) is 22.6 Å². The van der Waals surface area contributed by atoms with Crippen LogP contribution in [0.3, 0.4) is 0 Å². The van der Waals surface area contributed by atoms with Crippen LogP contribution < -0.4 is 0 Å². The molecule has 1 aromatic heterocycles. The van der Waals surface area contributed by atoms with Crippen molar-refractivity contribution < 1.29 is 4.74 Å². The normalized spacial score (nSPS) is 14.1. The van der Waals surface area contributed by atoms with Gasteiger partial charge in [0.15, 0.2) is 0 Å². The Balaban J connectivity index is 2.54. The molecule has 100 valence electrons. The minimum absolute atomic E-state index is 0.428. The largest absolute Gasteiger partial charge is 0.366 e. The smallest absolute Gasteiger partial charge is 0.118 e. The molecule has 0 aliphatic heterocycles. The molecule has 0 fully saturated rings. The molecule has 2 nitrogen and oxygen atoms in total. The molecule has 1 heterocycles. The summed E-state index contributed by atoms with van der Waals surface area (Å²) in [4.78, 5) is 4.08. The third-order valence-electron chi connectivity index (χ3n) is 3.35. The van der Waals surface area contributed by atoms with Gasteiger partial charge in [0.05, 0.1) is 0 Å². The minimum atomic E-state index is -0.428. The van der Waals surface area contributed by atoms with Gasteiger partial charge >= 0.3 is 0 Å². The number of hydrogen-bond acceptors (Lipinski definition) is 2. The topological polar surface area (TPSA) is 22.1 Å². The van der Waals surface area contributed by atoms with Crippen molar-refractivity contribution in [3.63, 3.8) is 0 Å². The highest BCUT2D eigenvalue weighted by atomic mass is 35.5. The van der Waals surface area contributed by atoms with Crippen LogP contribution in [0.25, 0.3) is 0 Å². The fraction of sp³-hybridized carbons (Fsp3) is 0.312. The van der Waals surface area contributed by atoms with Gasteiger partial charge in [0.2, 0.25) is 0 Å². The van der Waals surface area contributed by atoms with Crippen LogP contribution in [0, 0.1) is 0 Å². The molecule has 0 saturated heterocycles. The van der Waals surface area contributed by atoms with Gasteiger partial charge in [0.1, 0.15) is 5.60 Å². The van der Waals surface area contributed by atoms with Crippen molar-refractivity contribution in [1.29, 1.82) is 0 Å². The lowest BCUT2D eigenvalue weighted by atomic mass is 9.84. The lowest BCUT2D eigenvalue weighted by Crippen LogP contribution is -2.30. The fourth-order valence-electron chi connectivity index (χ4n) is 2.43. The second kappa shape index (κ2) is 6.18. The fourth-order valence-corrected chi connectivity index (χ4v) is 2.56. The number of halogens is 1. The summed E-state index contributed by atoms with van der Waals surface area (Å²) in [5.74, 6) is 0. The van der Waals surface area contributed by atoms with Crippen LogP contribution in [-0.2, 0) is 10.3 Å². The lowest BCUT2D eigenvalue weighted by Gasteiger charge is -2.33. The summed E-state index contributed by atoms with van der Waals surface area (Å²) in [6.07, 6.45) is 4.45. The summed E-state index contributed by atoms with van der Waals surface area (Å²) < 4.78 is 6.12. The summed E-state index contributed by atoms with van der Waals surface area (Å²) in [5, 5.41) is 0.736. The zero-order valence-electron chi connectivity index (χ0n) is 11.3. The van der Waals surface area contributed by atoms with E-state index in [1.807, 2.05) is 43.3 Å². The molecule has 19 heavy (non-hydrogen) atoms. The summed E-state index contributed by atoms with van der Waals surface area (Å²) in [5.41, 5.74) is 1.81. The highest BCUT2D eigenvalue weighted by Crippen LogP contribution is 2.37. The van der Waals surface area contributed by atoms with Gasteiger partial charge in [0.25, 0.3) is 0 Å². The molecular formula is C16H18ClNO. The van der Waals surface area contributed by atoms with E-state index in [1.54, 1.807) is 12.4 Å². The van der Waals surface area contributed by atoms with Crippen molar-refractivity contribution >= 4 is 11.6 Å². The molecule has 0 amide bonds. The van der Waals surface area contributed by atoms with Gasteiger partial charge in [0, 0.05) is 24.0 Å². The van der Waals surface area contributed by atoms with E-state index in [9.17, 15) is 0 Å². The molecule has 0 bridgehead atoms. The third kappa shape index (κ3) is 2.80. The molecule has 1 aromatic carbocycles. The van der Waals surface area contributed by atoms with E-state index in [-0.39, 0.29) is 0 Å². The third-order valence-corrected chi connectivity index (χ3v) is 3.60. The Morgan fingerprint density at radius 2 is 1.58 bits per heavy atom. The van der Waals surface area contributed by atoms with Crippen LogP contribution in [0.2, 0.25) is 5.02 Å². The van der Waals surface area contributed by atoms with E-state index >= 15 is 0 Å². The maximum absolute atomic E-state index is 6.12. The molecular weight excluding hydrogens is 258 g/mol. The van der Waals surface area contributed by atoms with E-state index < -0.39 is 5.60 Å². The quantitative estimate of drug-likeness (QED) is 0.806. The maximum Gasteiger partial charge on any atom is 0.118 e. The van der Waals surface area contributed by atoms with Crippen molar-refractivity contribution in [2.24, 2.45) is 0 Å². The van der Waals surface area contributed by atoms with Crippen molar-refractivity contribution in [2.45, 2.75) is 25.9 Å². The number of pyridine rings is 1. The lowest BCUT2D eigenvalue weighted by molar-refractivity contribution is -0.0141. The van der Waals surface area contributed by atoms with Crippen molar-refractivity contribution in [1.82, 2.24) is 4.98 Å². The molecule has 2 aromatic rings. The zero-order valence-corrected chi connectivity index (χ0v) is 12.0. The monoisotopic (exact) mass is 275 g/mol. The first-order valence-corrected chi connectivity index (χ1v) is 6.91. The first-order chi connectivity index (χ1) is 9.23. The van der Waals surface area contributed by atoms with Crippen LogP contribution >= 0.6 is 11.6 Å². The highest BCUT2D eigenvalue weighted by Gasteiger charge is 2.33. The average Bonchev–Trinajstić information content (AvgIpc) is 2.47. The van der Waals surface area contributed by atoms with E-state index in [2.05, 4.69) is 11.9 Å². The van der Waals surface area contributed by atoms with Gasteiger partial charge in [-0.15, -0.1) is 0 Å². The van der Waals surface area contributed by atoms with Gasteiger partial charge in [-0.3, -0.25) is 4.98 Å². The van der Waals surface area contributed by atoms with Crippen molar-refractivity contribution in [3.8, 4) is 0 Å².